The molecule has 1 N–H and O–H groups in total. The summed E-state index contributed by atoms with van der Waals surface area (Å²) in [6, 6.07) is 0. The van der Waals surface area contributed by atoms with Crippen LogP contribution >= 0.6 is 0 Å². The molecule has 0 aliphatic heterocycles. The van der Waals surface area contributed by atoms with Gasteiger partial charge in [-0.25, -0.2) is 0 Å². The van der Waals surface area contributed by atoms with Crippen LogP contribution in [0.3, 0.4) is 0 Å². The molecule has 30 valence electrons. The SMILES string of the molecule is CC(=O)O.[CH2]. The molecule has 0 aliphatic rings. The standard InChI is InChI=1S/C2H4O2.CH2/c1-2(3)4;/h1H3,(H,3,4);1H2. The Balaban J connectivity index is 0. The van der Waals surface area contributed by atoms with Gasteiger partial charge in [0.2, 0.25) is 0 Å². The van der Waals surface area contributed by atoms with Gasteiger partial charge in [-0.2, -0.15) is 0 Å². The van der Waals surface area contributed by atoms with Crippen LogP contribution in [0.15, 0.2) is 0 Å². The normalized spacial score (nSPS) is 5.00. The van der Waals surface area contributed by atoms with Gasteiger partial charge in [-0.05, 0) is 0 Å². The van der Waals surface area contributed by atoms with Gasteiger partial charge >= 0.3 is 0 Å². The smallest absolute Gasteiger partial charge is 0.300 e. The summed E-state index contributed by atoms with van der Waals surface area (Å²) in [6.07, 6.45) is 0. The van der Waals surface area contributed by atoms with Crippen molar-refractivity contribution in [1.29, 1.82) is 0 Å². The highest BCUT2D eigenvalue weighted by molar-refractivity contribution is 5.62. The Hall–Kier alpha value is -0.530. The zero-order valence-electron chi connectivity index (χ0n) is 3.06. The lowest BCUT2D eigenvalue weighted by Crippen LogP contribution is -1.78. The van der Waals surface area contributed by atoms with Crippen molar-refractivity contribution in [3.05, 3.63) is 7.43 Å². The predicted molar refractivity (Wildman–Crippen MR) is 18.7 cm³/mol. The zero-order chi connectivity index (χ0) is 3.58. The molecule has 0 heterocycles. The number of rotatable bonds is 0. The Morgan fingerprint density at radius 2 is 1.80 bits per heavy atom. The molecular weight excluding hydrogens is 68.0 g/mol. The van der Waals surface area contributed by atoms with Crippen molar-refractivity contribution in [2.45, 2.75) is 6.92 Å². The molecule has 0 atom stereocenters. The minimum atomic E-state index is -0.833. The molecule has 2 radical (unpaired) electrons. The molecule has 2 heteroatoms. The summed E-state index contributed by atoms with van der Waals surface area (Å²) in [4.78, 5) is 9.00. The Kier molecular flexibility index (Phi) is 6.12. The van der Waals surface area contributed by atoms with Crippen LogP contribution in [0.1, 0.15) is 6.92 Å². The maximum Gasteiger partial charge on any atom is 0.300 e. The first kappa shape index (κ1) is 8.82. The molecule has 0 bridgehead atoms. The van der Waals surface area contributed by atoms with Gasteiger partial charge in [0, 0.05) is 6.92 Å². The number of carboxylic acids is 1. The van der Waals surface area contributed by atoms with Gasteiger partial charge in [-0.3, -0.25) is 4.79 Å². The van der Waals surface area contributed by atoms with E-state index in [9.17, 15) is 0 Å². The van der Waals surface area contributed by atoms with E-state index in [2.05, 4.69) is 0 Å². The van der Waals surface area contributed by atoms with Crippen LogP contribution in [0.25, 0.3) is 0 Å². The average Bonchev–Trinajstić information content (AvgIpc) is 0.811. The minimum absolute atomic E-state index is 0. The van der Waals surface area contributed by atoms with E-state index in [-0.39, 0.29) is 7.43 Å². The fraction of sp³-hybridized carbons (Fsp3) is 0.333. The summed E-state index contributed by atoms with van der Waals surface area (Å²) in [5.74, 6) is -0.833. The fourth-order valence-electron chi connectivity index (χ4n) is 0. The molecule has 0 aromatic heterocycles. The van der Waals surface area contributed by atoms with Crippen molar-refractivity contribution >= 4 is 5.97 Å². The van der Waals surface area contributed by atoms with Crippen molar-refractivity contribution in [2.75, 3.05) is 0 Å². The molecule has 0 saturated heterocycles. The van der Waals surface area contributed by atoms with E-state index >= 15 is 0 Å². The maximum absolute atomic E-state index is 9.00. The van der Waals surface area contributed by atoms with Crippen LogP contribution < -0.4 is 0 Å². The molecule has 2 nitrogen and oxygen atoms in total. The third kappa shape index (κ3) is 26.7. The lowest BCUT2D eigenvalue weighted by Gasteiger charge is -1.59. The van der Waals surface area contributed by atoms with Crippen molar-refractivity contribution in [3.63, 3.8) is 0 Å². The van der Waals surface area contributed by atoms with Gasteiger partial charge < -0.3 is 5.11 Å². The third-order valence-corrected chi connectivity index (χ3v) is 0. The quantitative estimate of drug-likeness (QED) is 0.452. The van der Waals surface area contributed by atoms with Crippen LogP contribution in [0.4, 0.5) is 0 Å². The summed E-state index contributed by atoms with van der Waals surface area (Å²) < 4.78 is 0. The van der Waals surface area contributed by atoms with Crippen LogP contribution in [0.2, 0.25) is 0 Å². The van der Waals surface area contributed by atoms with Gasteiger partial charge in [0.1, 0.15) is 0 Å². The summed E-state index contributed by atoms with van der Waals surface area (Å²) in [5.41, 5.74) is 0. The van der Waals surface area contributed by atoms with E-state index < -0.39 is 5.97 Å². The van der Waals surface area contributed by atoms with E-state index in [0.29, 0.717) is 0 Å². The minimum Gasteiger partial charge on any atom is -0.481 e. The Morgan fingerprint density at radius 1 is 1.80 bits per heavy atom. The third-order valence-electron chi connectivity index (χ3n) is 0. The summed E-state index contributed by atoms with van der Waals surface area (Å²) in [5, 5.41) is 7.42. The monoisotopic (exact) mass is 74.0 g/mol. The van der Waals surface area contributed by atoms with Crippen molar-refractivity contribution in [3.8, 4) is 0 Å². The Morgan fingerprint density at radius 3 is 1.80 bits per heavy atom. The molecule has 0 aliphatic carbocycles. The van der Waals surface area contributed by atoms with Gasteiger partial charge in [0.05, 0.1) is 0 Å². The van der Waals surface area contributed by atoms with Crippen LogP contribution in [0, 0.1) is 7.43 Å². The summed E-state index contributed by atoms with van der Waals surface area (Å²) in [6.45, 7) is 1.08. The molecule has 0 fully saturated rings. The zero-order valence-corrected chi connectivity index (χ0v) is 3.06. The molecule has 0 unspecified atom stereocenters. The summed E-state index contributed by atoms with van der Waals surface area (Å²) in [7, 11) is 0. The highest BCUT2D eigenvalue weighted by Gasteiger charge is 1.65. The van der Waals surface area contributed by atoms with Crippen LogP contribution in [-0.4, -0.2) is 11.1 Å². The van der Waals surface area contributed by atoms with Crippen LogP contribution in [0.5, 0.6) is 0 Å². The Bertz CT molecular complexity index is 27.9. The van der Waals surface area contributed by atoms with Crippen LogP contribution in [-0.2, 0) is 4.79 Å². The number of carboxylic acid groups (broad SMARTS) is 1. The van der Waals surface area contributed by atoms with E-state index in [1.54, 1.807) is 0 Å². The van der Waals surface area contributed by atoms with Gasteiger partial charge in [0.15, 0.2) is 0 Å². The first-order chi connectivity index (χ1) is 1.73. The van der Waals surface area contributed by atoms with Gasteiger partial charge in [0.25, 0.3) is 5.97 Å². The summed E-state index contributed by atoms with van der Waals surface area (Å²) >= 11 is 0. The molecular formula is C3H6O2. The highest BCUT2D eigenvalue weighted by atomic mass is 16.4. The topological polar surface area (TPSA) is 37.3 Å². The highest BCUT2D eigenvalue weighted by Crippen LogP contribution is 1.42. The average molecular weight is 74.1 g/mol. The van der Waals surface area contributed by atoms with E-state index in [4.69, 9.17) is 9.90 Å². The van der Waals surface area contributed by atoms with E-state index in [1.165, 1.54) is 0 Å². The lowest BCUT2D eigenvalue weighted by molar-refractivity contribution is -0.134. The van der Waals surface area contributed by atoms with Gasteiger partial charge in [-0.1, -0.05) is 7.43 Å². The largest absolute Gasteiger partial charge is 0.481 e. The van der Waals surface area contributed by atoms with Crippen molar-refractivity contribution in [1.82, 2.24) is 0 Å². The van der Waals surface area contributed by atoms with E-state index in [1.807, 2.05) is 0 Å². The second kappa shape index (κ2) is 3.47. The molecule has 0 rings (SSSR count). The molecule has 0 amide bonds. The number of aliphatic carboxylic acids is 1. The van der Waals surface area contributed by atoms with Crippen molar-refractivity contribution in [2.24, 2.45) is 0 Å². The first-order valence-corrected chi connectivity index (χ1v) is 0.928. The molecule has 0 spiro atoms. The van der Waals surface area contributed by atoms with E-state index in [0.717, 1.165) is 6.92 Å². The lowest BCUT2D eigenvalue weighted by atomic mass is 10.9. The molecule has 5 heavy (non-hydrogen) atoms. The predicted octanol–water partition coefficient (Wildman–Crippen LogP) is 0.418. The molecule has 0 aromatic carbocycles. The number of hydrogen-bond acceptors (Lipinski definition) is 1. The number of carbonyl (C=O) groups is 1. The van der Waals surface area contributed by atoms with Crippen molar-refractivity contribution < 1.29 is 9.90 Å². The number of hydrogen-bond donors (Lipinski definition) is 1. The molecule has 0 saturated carbocycles. The first-order valence-electron chi connectivity index (χ1n) is 0.928. The molecule has 0 aromatic rings. The second-order valence-electron chi connectivity index (χ2n) is 0.519. The second-order valence-corrected chi connectivity index (χ2v) is 0.519. The maximum atomic E-state index is 9.00. The van der Waals surface area contributed by atoms with Gasteiger partial charge in [-0.15, -0.1) is 0 Å². The fourth-order valence-corrected chi connectivity index (χ4v) is 0. The Labute approximate surface area is 31.4 Å².